The van der Waals surface area contributed by atoms with Gasteiger partial charge in [-0.1, -0.05) is 65.8 Å². The van der Waals surface area contributed by atoms with Crippen LogP contribution in [0.5, 0.6) is 0 Å². The van der Waals surface area contributed by atoms with Gasteiger partial charge in [0.15, 0.2) is 10.9 Å². The highest BCUT2D eigenvalue weighted by Crippen LogP contribution is 2.25. The molecule has 24 heavy (non-hydrogen) atoms. The number of benzene rings is 2. The first-order chi connectivity index (χ1) is 11.6. The standard InChI is InChI=1S/C18H16ClN3OS/c1-11(13-9-5-7-12-6-3-4-8-14(12)13)21-17(23)16-15(19)10-20-18(22-16)24-2/h3-11H,1-2H3,(H,21,23). The zero-order valence-electron chi connectivity index (χ0n) is 13.3. The molecule has 122 valence electrons. The van der Waals surface area contributed by atoms with Gasteiger partial charge >= 0.3 is 0 Å². The number of fused-ring (bicyclic) bond motifs is 1. The first kappa shape index (κ1) is 16.7. The normalized spacial score (nSPS) is 12.1. The Hall–Kier alpha value is -2.11. The fourth-order valence-corrected chi connectivity index (χ4v) is 3.10. The summed E-state index contributed by atoms with van der Waals surface area (Å²) >= 11 is 7.44. The largest absolute Gasteiger partial charge is 0.344 e. The quantitative estimate of drug-likeness (QED) is 0.552. The SMILES string of the molecule is CSc1ncc(Cl)c(C(=O)NC(C)c2cccc3ccccc23)n1. The van der Waals surface area contributed by atoms with Gasteiger partial charge in [0.05, 0.1) is 17.3 Å². The molecule has 0 aliphatic heterocycles. The molecule has 1 unspecified atom stereocenters. The number of hydrogen-bond acceptors (Lipinski definition) is 4. The van der Waals surface area contributed by atoms with E-state index in [1.165, 1.54) is 18.0 Å². The van der Waals surface area contributed by atoms with Crippen LogP contribution in [0.1, 0.15) is 29.0 Å². The second-order valence-electron chi connectivity index (χ2n) is 5.32. The van der Waals surface area contributed by atoms with Crippen LogP contribution in [0, 0.1) is 0 Å². The Labute approximate surface area is 149 Å². The van der Waals surface area contributed by atoms with E-state index in [2.05, 4.69) is 33.5 Å². The van der Waals surface area contributed by atoms with E-state index in [4.69, 9.17) is 11.6 Å². The molecular formula is C18H16ClN3OS. The van der Waals surface area contributed by atoms with Gasteiger partial charge in [-0.05, 0) is 29.5 Å². The third kappa shape index (κ3) is 3.37. The van der Waals surface area contributed by atoms with E-state index in [9.17, 15) is 4.79 Å². The number of aromatic nitrogens is 2. The molecule has 0 aliphatic carbocycles. The molecule has 0 spiro atoms. The lowest BCUT2D eigenvalue weighted by Gasteiger charge is -2.17. The molecule has 0 saturated carbocycles. The average molecular weight is 358 g/mol. The minimum Gasteiger partial charge on any atom is -0.344 e. The lowest BCUT2D eigenvalue weighted by molar-refractivity contribution is 0.0934. The number of rotatable bonds is 4. The van der Waals surface area contributed by atoms with Crippen molar-refractivity contribution in [3.8, 4) is 0 Å². The van der Waals surface area contributed by atoms with Crippen LogP contribution in [0.4, 0.5) is 0 Å². The second-order valence-corrected chi connectivity index (χ2v) is 6.50. The number of thioether (sulfide) groups is 1. The van der Waals surface area contributed by atoms with Crippen LogP contribution in [0.2, 0.25) is 5.02 Å². The lowest BCUT2D eigenvalue weighted by atomic mass is 9.99. The van der Waals surface area contributed by atoms with Crippen molar-refractivity contribution in [2.75, 3.05) is 6.26 Å². The Morgan fingerprint density at radius 1 is 1.21 bits per heavy atom. The van der Waals surface area contributed by atoms with E-state index in [1.54, 1.807) is 0 Å². The van der Waals surface area contributed by atoms with E-state index < -0.39 is 0 Å². The third-order valence-corrected chi connectivity index (χ3v) is 4.60. The highest BCUT2D eigenvalue weighted by Gasteiger charge is 2.18. The fourth-order valence-electron chi connectivity index (χ4n) is 2.58. The zero-order chi connectivity index (χ0) is 17.1. The lowest BCUT2D eigenvalue weighted by Crippen LogP contribution is -2.28. The molecule has 1 N–H and O–H groups in total. The van der Waals surface area contributed by atoms with Crippen LogP contribution in [0.3, 0.4) is 0 Å². The first-order valence-corrected chi connectivity index (χ1v) is 9.05. The van der Waals surface area contributed by atoms with Crippen LogP contribution >= 0.6 is 23.4 Å². The summed E-state index contributed by atoms with van der Waals surface area (Å²) in [4.78, 5) is 20.8. The Morgan fingerprint density at radius 3 is 2.75 bits per heavy atom. The molecule has 3 aromatic rings. The van der Waals surface area contributed by atoms with Gasteiger partial charge in [0.2, 0.25) is 0 Å². The predicted octanol–water partition coefficient (Wildman–Crippen LogP) is 4.50. The predicted molar refractivity (Wildman–Crippen MR) is 98.7 cm³/mol. The van der Waals surface area contributed by atoms with Crippen molar-refractivity contribution in [1.82, 2.24) is 15.3 Å². The third-order valence-electron chi connectivity index (χ3n) is 3.76. The van der Waals surface area contributed by atoms with Crippen LogP contribution < -0.4 is 5.32 Å². The van der Waals surface area contributed by atoms with Crippen molar-refractivity contribution in [3.05, 3.63) is 64.9 Å². The maximum absolute atomic E-state index is 12.6. The maximum atomic E-state index is 12.6. The summed E-state index contributed by atoms with van der Waals surface area (Å²) in [5, 5.41) is 5.99. The summed E-state index contributed by atoms with van der Waals surface area (Å²) < 4.78 is 0. The van der Waals surface area contributed by atoms with Gasteiger partial charge in [-0.15, -0.1) is 0 Å². The number of nitrogens with zero attached hydrogens (tertiary/aromatic N) is 2. The molecule has 0 aliphatic rings. The van der Waals surface area contributed by atoms with E-state index in [1.807, 2.05) is 37.4 Å². The van der Waals surface area contributed by atoms with Gasteiger partial charge in [0.25, 0.3) is 5.91 Å². The minimum atomic E-state index is -0.307. The van der Waals surface area contributed by atoms with Gasteiger partial charge in [-0.25, -0.2) is 9.97 Å². The van der Waals surface area contributed by atoms with Crippen molar-refractivity contribution >= 4 is 40.0 Å². The van der Waals surface area contributed by atoms with Crippen molar-refractivity contribution in [1.29, 1.82) is 0 Å². The minimum absolute atomic E-state index is 0.174. The molecule has 1 atom stereocenters. The molecule has 1 aromatic heterocycles. The summed E-state index contributed by atoms with van der Waals surface area (Å²) in [6.45, 7) is 1.95. The highest BCUT2D eigenvalue weighted by atomic mass is 35.5. The van der Waals surface area contributed by atoms with Crippen LogP contribution in [0.25, 0.3) is 10.8 Å². The summed E-state index contributed by atoms with van der Waals surface area (Å²) in [5.41, 5.74) is 1.25. The number of carbonyl (C=O) groups is 1. The molecule has 4 nitrogen and oxygen atoms in total. The van der Waals surface area contributed by atoms with Gasteiger partial charge < -0.3 is 5.32 Å². The van der Waals surface area contributed by atoms with E-state index in [0.717, 1.165) is 16.3 Å². The number of amides is 1. The smallest absolute Gasteiger partial charge is 0.272 e. The molecule has 0 saturated heterocycles. The van der Waals surface area contributed by atoms with E-state index >= 15 is 0 Å². The van der Waals surface area contributed by atoms with E-state index in [0.29, 0.717) is 5.16 Å². The van der Waals surface area contributed by atoms with Crippen molar-refractivity contribution < 1.29 is 4.79 Å². The fraction of sp³-hybridized carbons (Fsp3) is 0.167. The van der Waals surface area contributed by atoms with Crippen LogP contribution in [0.15, 0.2) is 53.8 Å². The van der Waals surface area contributed by atoms with Crippen molar-refractivity contribution in [2.45, 2.75) is 18.1 Å². The van der Waals surface area contributed by atoms with Crippen LogP contribution in [-0.4, -0.2) is 22.1 Å². The van der Waals surface area contributed by atoms with Gasteiger partial charge in [0, 0.05) is 0 Å². The second kappa shape index (κ2) is 7.20. The molecule has 1 heterocycles. The number of hydrogen-bond donors (Lipinski definition) is 1. The average Bonchev–Trinajstić information content (AvgIpc) is 2.61. The molecule has 1 amide bonds. The Bertz CT molecular complexity index is 895. The highest BCUT2D eigenvalue weighted by molar-refractivity contribution is 7.98. The summed E-state index contributed by atoms with van der Waals surface area (Å²) in [5.74, 6) is -0.307. The van der Waals surface area contributed by atoms with E-state index in [-0.39, 0.29) is 22.7 Å². The van der Waals surface area contributed by atoms with Crippen molar-refractivity contribution in [2.24, 2.45) is 0 Å². The maximum Gasteiger partial charge on any atom is 0.272 e. The number of carbonyl (C=O) groups excluding carboxylic acids is 1. The van der Waals surface area contributed by atoms with Crippen LogP contribution in [-0.2, 0) is 0 Å². The molecule has 3 rings (SSSR count). The van der Waals surface area contributed by atoms with Crippen molar-refractivity contribution in [3.63, 3.8) is 0 Å². The Morgan fingerprint density at radius 2 is 1.96 bits per heavy atom. The molecule has 6 heteroatoms. The molecule has 0 fully saturated rings. The molecule has 0 bridgehead atoms. The first-order valence-electron chi connectivity index (χ1n) is 7.45. The number of nitrogens with one attached hydrogen (secondary N) is 1. The summed E-state index contributed by atoms with van der Waals surface area (Å²) in [6.07, 6.45) is 3.31. The molecule has 2 aromatic carbocycles. The van der Waals surface area contributed by atoms with Gasteiger partial charge in [-0.2, -0.15) is 0 Å². The number of halogens is 1. The summed E-state index contributed by atoms with van der Waals surface area (Å²) in [7, 11) is 0. The Balaban J connectivity index is 1.89. The molecular weight excluding hydrogens is 342 g/mol. The summed E-state index contributed by atoms with van der Waals surface area (Å²) in [6, 6.07) is 14.0. The van der Waals surface area contributed by atoms with Gasteiger partial charge in [-0.3, -0.25) is 4.79 Å². The molecule has 0 radical (unpaired) electrons. The topological polar surface area (TPSA) is 54.9 Å². The monoisotopic (exact) mass is 357 g/mol. The Kier molecular flexibility index (Phi) is 5.02. The zero-order valence-corrected chi connectivity index (χ0v) is 14.9. The van der Waals surface area contributed by atoms with Gasteiger partial charge in [0.1, 0.15) is 0 Å².